The Balaban J connectivity index is 0.000000208. The van der Waals surface area contributed by atoms with Crippen LogP contribution < -0.4 is 0 Å². The molecule has 9 nitrogen and oxygen atoms in total. The molecule has 0 aliphatic rings. The number of rotatable bonds is 9. The molecule has 0 spiro atoms. The van der Waals surface area contributed by atoms with Crippen LogP contribution in [-0.4, -0.2) is 46.1 Å². The van der Waals surface area contributed by atoms with E-state index in [2.05, 4.69) is 33.2 Å². The second-order valence-corrected chi connectivity index (χ2v) is 10.2. The standard InChI is InChI=1S/2C14H12NO2.C14H11NO2.Ir/c3*1-2-17-14(16)12-8-6-11(7-9-12)13-5-3-4-10-15-13;/h2*3-6,8-10H,2H2,1H3;2-6,8-10H,1H3;/q2*-1;-2;. The molecule has 0 amide bonds. The van der Waals surface area contributed by atoms with Gasteiger partial charge in [0.1, 0.15) is 0 Å². The third-order valence-corrected chi connectivity index (χ3v) is 6.74. The Labute approximate surface area is 317 Å². The summed E-state index contributed by atoms with van der Waals surface area (Å²) in [5.41, 5.74) is 6.56. The fourth-order valence-corrected chi connectivity index (χ4v) is 4.30. The Morgan fingerprint density at radius 1 is 0.538 bits per heavy atom. The largest absolute Gasteiger partial charge is 0.641 e. The maximum Gasteiger partial charge on any atom is 0.295 e. The minimum Gasteiger partial charge on any atom is -0.641 e. The molecule has 0 N–H and O–H groups in total. The van der Waals surface area contributed by atoms with Crippen LogP contribution in [0.5, 0.6) is 0 Å². The predicted octanol–water partition coefficient (Wildman–Crippen LogP) is 8.34. The number of carbonyl (C=O) groups is 3. The first-order chi connectivity index (χ1) is 24.9. The summed E-state index contributed by atoms with van der Waals surface area (Å²) >= 11 is 0. The van der Waals surface area contributed by atoms with Gasteiger partial charge in [-0.15, -0.1) is 89.5 Å². The van der Waals surface area contributed by atoms with Gasteiger partial charge in [0.25, 0.3) is 17.9 Å². The molecular weight excluding hydrogens is 835 g/mol. The van der Waals surface area contributed by atoms with Gasteiger partial charge in [-0.1, -0.05) is 36.4 Å². The molecule has 10 heteroatoms. The second kappa shape index (κ2) is 22.1. The molecule has 3 heterocycles. The molecule has 267 valence electrons. The number of benzene rings is 3. The SMILES string of the molecule is CCOC(=O)c1c[c-]c(-c2ccccn2)cc1.CCOC(=O)c1c[c-]c(-c2ccccn2)cc1.C[CH-]OC(=O)c1c[c-]c(-c2ccccn2)cc1.[Ir]. The Morgan fingerprint density at radius 2 is 0.885 bits per heavy atom. The smallest absolute Gasteiger partial charge is 0.295 e. The normalized spacial score (nSPS) is 9.75. The topological polar surface area (TPSA) is 118 Å². The van der Waals surface area contributed by atoms with Crippen LogP contribution in [0.4, 0.5) is 0 Å². The number of pyridine rings is 3. The molecule has 0 saturated heterocycles. The van der Waals surface area contributed by atoms with Crippen molar-refractivity contribution in [1.29, 1.82) is 0 Å². The minimum absolute atomic E-state index is 0. The minimum atomic E-state index is -0.378. The molecule has 6 aromatic rings. The molecule has 52 heavy (non-hydrogen) atoms. The van der Waals surface area contributed by atoms with Crippen molar-refractivity contribution in [1.82, 2.24) is 15.0 Å². The Kier molecular flexibility index (Phi) is 17.2. The van der Waals surface area contributed by atoms with E-state index in [0.29, 0.717) is 29.9 Å². The molecule has 0 unspecified atom stereocenters. The van der Waals surface area contributed by atoms with Gasteiger partial charge in [0.2, 0.25) is 0 Å². The first kappa shape index (κ1) is 40.6. The monoisotopic (exact) mass is 870 g/mol. The second-order valence-electron chi connectivity index (χ2n) is 10.2. The summed E-state index contributed by atoms with van der Waals surface area (Å²) in [5.74, 6) is -1.02. The molecule has 0 aliphatic heterocycles. The van der Waals surface area contributed by atoms with Crippen LogP contribution in [0.2, 0.25) is 0 Å². The molecule has 0 bridgehead atoms. The molecular formula is C42H35IrN3O6-4. The summed E-state index contributed by atoms with van der Waals surface area (Å²) in [6.45, 7) is 7.33. The predicted molar refractivity (Wildman–Crippen MR) is 193 cm³/mol. The first-order valence-electron chi connectivity index (χ1n) is 16.1. The van der Waals surface area contributed by atoms with Crippen LogP contribution in [-0.2, 0) is 34.3 Å². The van der Waals surface area contributed by atoms with E-state index in [1.807, 2.05) is 66.7 Å². The Bertz CT molecular complexity index is 1710. The Hall–Kier alpha value is -5.83. The molecule has 1 radical (unpaired) electrons. The van der Waals surface area contributed by atoms with Gasteiger partial charge in [-0.2, -0.15) is 13.5 Å². The van der Waals surface area contributed by atoms with Gasteiger partial charge in [-0.3, -0.25) is 14.4 Å². The summed E-state index contributed by atoms with van der Waals surface area (Å²) in [6.07, 6.45) is 5.17. The van der Waals surface area contributed by atoms with Crippen molar-refractivity contribution in [3.8, 4) is 33.8 Å². The number of carbonyl (C=O) groups excluding carboxylic acids is 3. The van der Waals surface area contributed by atoms with E-state index in [9.17, 15) is 14.4 Å². The van der Waals surface area contributed by atoms with E-state index < -0.39 is 0 Å². The van der Waals surface area contributed by atoms with Gasteiger partial charge < -0.3 is 29.2 Å². The van der Waals surface area contributed by atoms with Crippen molar-refractivity contribution in [2.45, 2.75) is 20.8 Å². The van der Waals surface area contributed by atoms with E-state index >= 15 is 0 Å². The zero-order valence-electron chi connectivity index (χ0n) is 28.7. The summed E-state index contributed by atoms with van der Waals surface area (Å²) in [4.78, 5) is 46.9. The van der Waals surface area contributed by atoms with Crippen LogP contribution in [0.15, 0.2) is 128 Å². The first-order valence-corrected chi connectivity index (χ1v) is 16.1. The molecule has 0 atom stereocenters. The molecule has 0 saturated carbocycles. The van der Waals surface area contributed by atoms with Crippen molar-refractivity contribution < 1.29 is 48.7 Å². The van der Waals surface area contributed by atoms with Crippen LogP contribution >= 0.6 is 0 Å². The van der Waals surface area contributed by atoms with Gasteiger partial charge in [-0.05, 0) is 65.8 Å². The van der Waals surface area contributed by atoms with Crippen molar-refractivity contribution in [2.75, 3.05) is 13.2 Å². The quantitative estimate of drug-likeness (QED) is 0.0804. The Morgan fingerprint density at radius 3 is 1.13 bits per heavy atom. The van der Waals surface area contributed by atoms with Gasteiger partial charge >= 0.3 is 0 Å². The van der Waals surface area contributed by atoms with E-state index in [1.165, 1.54) is 6.61 Å². The molecule has 0 aliphatic carbocycles. The summed E-state index contributed by atoms with van der Waals surface area (Å²) < 4.78 is 14.6. The number of hydrogen-bond donors (Lipinski definition) is 0. The van der Waals surface area contributed by atoms with E-state index in [4.69, 9.17) is 14.2 Å². The van der Waals surface area contributed by atoms with Crippen molar-refractivity contribution in [2.24, 2.45) is 0 Å². The zero-order valence-corrected chi connectivity index (χ0v) is 31.1. The molecule has 6 rings (SSSR count). The number of aromatic nitrogens is 3. The van der Waals surface area contributed by atoms with Crippen LogP contribution in [0, 0.1) is 24.8 Å². The number of hydrogen-bond acceptors (Lipinski definition) is 9. The maximum atomic E-state index is 11.4. The van der Waals surface area contributed by atoms with Gasteiger partial charge in [0.15, 0.2) is 0 Å². The van der Waals surface area contributed by atoms with Crippen molar-refractivity contribution in [3.05, 3.63) is 169 Å². The average Bonchev–Trinajstić information content (AvgIpc) is 3.20. The summed E-state index contributed by atoms with van der Waals surface area (Å²) in [6, 6.07) is 41.5. The van der Waals surface area contributed by atoms with Crippen molar-refractivity contribution in [3.63, 3.8) is 0 Å². The van der Waals surface area contributed by atoms with Gasteiger partial charge in [-0.25, -0.2) is 0 Å². The third kappa shape index (κ3) is 12.5. The summed E-state index contributed by atoms with van der Waals surface area (Å²) in [7, 11) is 0. The molecule has 0 fully saturated rings. The summed E-state index contributed by atoms with van der Waals surface area (Å²) in [5, 5.41) is 0. The van der Waals surface area contributed by atoms with E-state index in [1.54, 1.807) is 81.8 Å². The van der Waals surface area contributed by atoms with Gasteiger partial charge in [0.05, 0.1) is 13.2 Å². The molecule has 3 aromatic heterocycles. The fourth-order valence-electron chi connectivity index (χ4n) is 4.30. The third-order valence-electron chi connectivity index (χ3n) is 6.74. The number of esters is 3. The number of nitrogens with zero attached hydrogens (tertiary/aromatic N) is 3. The zero-order chi connectivity index (χ0) is 36.3. The van der Waals surface area contributed by atoms with E-state index in [-0.39, 0.29) is 38.0 Å². The van der Waals surface area contributed by atoms with Crippen molar-refractivity contribution >= 4 is 17.9 Å². The van der Waals surface area contributed by atoms with Crippen LogP contribution in [0.1, 0.15) is 51.8 Å². The average molecular weight is 870 g/mol. The number of ether oxygens (including phenoxy) is 3. The fraction of sp³-hybridized carbons (Fsp3) is 0.119. The van der Waals surface area contributed by atoms with E-state index in [0.717, 1.165) is 33.8 Å². The van der Waals surface area contributed by atoms with Gasteiger partial charge in [0, 0.05) is 38.7 Å². The van der Waals surface area contributed by atoms with Crippen LogP contribution in [0.25, 0.3) is 33.8 Å². The van der Waals surface area contributed by atoms with Crippen LogP contribution in [0.3, 0.4) is 0 Å². The molecule has 3 aromatic carbocycles. The maximum absolute atomic E-state index is 11.4.